The van der Waals surface area contributed by atoms with E-state index in [2.05, 4.69) is 28.8 Å². The standard InChI is InChI=1S/C21H28N4O3S/c1-12-8-13(2)11-24(10-12)18(16-7-6-15(27-4)9-17(16)28-5)19-20(26)25-21(29-19)22-14(3)23-25/h6-7,9,12-13,18,26H,8,10-11H2,1-5H3/t12-,13-,18+/m0/s1. The second kappa shape index (κ2) is 7.84. The third-order valence-corrected chi connectivity index (χ3v) is 6.62. The fourth-order valence-corrected chi connectivity index (χ4v) is 5.65. The first-order valence-electron chi connectivity index (χ1n) is 9.92. The quantitative estimate of drug-likeness (QED) is 0.680. The molecule has 7 nitrogen and oxygen atoms in total. The number of aromatic hydroxyl groups is 1. The molecule has 3 heterocycles. The van der Waals surface area contributed by atoms with Gasteiger partial charge >= 0.3 is 0 Å². The molecule has 1 N–H and O–H groups in total. The third kappa shape index (κ3) is 3.67. The molecule has 4 rings (SSSR count). The number of aryl methyl sites for hydroxylation is 1. The first-order valence-corrected chi connectivity index (χ1v) is 10.7. The number of fused-ring (bicyclic) bond motifs is 1. The Kier molecular flexibility index (Phi) is 5.40. The van der Waals surface area contributed by atoms with Gasteiger partial charge in [-0.15, -0.1) is 5.10 Å². The van der Waals surface area contributed by atoms with Crippen LogP contribution in [0.3, 0.4) is 0 Å². The Hall–Kier alpha value is -2.32. The minimum Gasteiger partial charge on any atom is -0.497 e. The molecule has 1 aliphatic heterocycles. The van der Waals surface area contributed by atoms with E-state index in [9.17, 15) is 5.11 Å². The summed E-state index contributed by atoms with van der Waals surface area (Å²) in [6.07, 6.45) is 1.21. The van der Waals surface area contributed by atoms with Crippen molar-refractivity contribution in [3.05, 3.63) is 34.5 Å². The lowest BCUT2D eigenvalue weighted by Crippen LogP contribution is -2.41. The van der Waals surface area contributed by atoms with E-state index in [0.29, 0.717) is 22.6 Å². The highest BCUT2D eigenvalue weighted by Gasteiger charge is 2.35. The Bertz CT molecular complexity index is 1000. The van der Waals surface area contributed by atoms with Crippen LogP contribution in [-0.4, -0.2) is 51.9 Å². The summed E-state index contributed by atoms with van der Waals surface area (Å²) in [5, 5.41) is 15.4. The van der Waals surface area contributed by atoms with Crippen LogP contribution >= 0.6 is 11.3 Å². The summed E-state index contributed by atoms with van der Waals surface area (Å²) in [5.74, 6) is 3.45. The number of methoxy groups -OCH3 is 2. The van der Waals surface area contributed by atoms with Crippen molar-refractivity contribution in [3.8, 4) is 17.4 Å². The van der Waals surface area contributed by atoms with Crippen molar-refractivity contribution < 1.29 is 14.6 Å². The van der Waals surface area contributed by atoms with Crippen LogP contribution in [0.5, 0.6) is 17.4 Å². The number of ether oxygens (including phenoxy) is 2. The number of thiazole rings is 1. The monoisotopic (exact) mass is 416 g/mol. The maximum Gasteiger partial charge on any atom is 0.230 e. The van der Waals surface area contributed by atoms with E-state index in [1.54, 1.807) is 14.2 Å². The lowest BCUT2D eigenvalue weighted by atomic mass is 9.89. The van der Waals surface area contributed by atoms with Crippen LogP contribution in [0.2, 0.25) is 0 Å². The molecule has 3 atom stereocenters. The minimum absolute atomic E-state index is 0.144. The second-order valence-electron chi connectivity index (χ2n) is 8.05. The summed E-state index contributed by atoms with van der Waals surface area (Å²) in [7, 11) is 3.32. The van der Waals surface area contributed by atoms with Crippen molar-refractivity contribution in [1.82, 2.24) is 19.5 Å². The summed E-state index contributed by atoms with van der Waals surface area (Å²) in [5.41, 5.74) is 1.01. The normalized spacial score (nSPS) is 21.4. The van der Waals surface area contributed by atoms with Gasteiger partial charge < -0.3 is 14.6 Å². The smallest absolute Gasteiger partial charge is 0.230 e. The third-order valence-electron chi connectivity index (χ3n) is 5.55. The van der Waals surface area contributed by atoms with Gasteiger partial charge in [-0.3, -0.25) is 4.90 Å². The van der Waals surface area contributed by atoms with E-state index in [-0.39, 0.29) is 11.9 Å². The largest absolute Gasteiger partial charge is 0.497 e. The zero-order valence-corrected chi connectivity index (χ0v) is 18.4. The Morgan fingerprint density at radius 2 is 1.90 bits per heavy atom. The highest BCUT2D eigenvalue weighted by atomic mass is 32.1. The van der Waals surface area contributed by atoms with Crippen molar-refractivity contribution in [2.45, 2.75) is 33.2 Å². The molecule has 0 spiro atoms. The fourth-order valence-electron chi connectivity index (χ4n) is 4.50. The van der Waals surface area contributed by atoms with Crippen LogP contribution < -0.4 is 9.47 Å². The molecule has 0 unspecified atom stereocenters. The molecule has 0 saturated carbocycles. The van der Waals surface area contributed by atoms with E-state index in [1.807, 2.05) is 25.1 Å². The number of aromatic nitrogens is 3. The average Bonchev–Trinajstić information content (AvgIpc) is 3.19. The van der Waals surface area contributed by atoms with Gasteiger partial charge in [0.05, 0.1) is 25.1 Å². The molecule has 8 heteroatoms. The molecule has 0 amide bonds. The summed E-state index contributed by atoms with van der Waals surface area (Å²) in [4.78, 5) is 8.44. The van der Waals surface area contributed by atoms with Gasteiger partial charge in [0.15, 0.2) is 0 Å². The highest BCUT2D eigenvalue weighted by Crippen LogP contribution is 2.45. The van der Waals surface area contributed by atoms with Gasteiger partial charge in [-0.25, -0.2) is 4.98 Å². The number of likely N-dealkylation sites (tertiary alicyclic amines) is 1. The molecule has 1 aliphatic rings. The second-order valence-corrected chi connectivity index (χ2v) is 9.06. The van der Waals surface area contributed by atoms with E-state index in [0.717, 1.165) is 35.0 Å². The molecule has 156 valence electrons. The van der Waals surface area contributed by atoms with Crippen molar-refractivity contribution in [3.63, 3.8) is 0 Å². The van der Waals surface area contributed by atoms with Crippen LogP contribution in [0.25, 0.3) is 4.96 Å². The molecule has 1 saturated heterocycles. The van der Waals surface area contributed by atoms with Gasteiger partial charge in [0.2, 0.25) is 10.8 Å². The summed E-state index contributed by atoms with van der Waals surface area (Å²) in [6.45, 7) is 8.32. The van der Waals surface area contributed by atoms with Gasteiger partial charge in [-0.2, -0.15) is 4.52 Å². The van der Waals surface area contributed by atoms with E-state index in [4.69, 9.17) is 9.47 Å². The van der Waals surface area contributed by atoms with Gasteiger partial charge in [-0.05, 0) is 37.3 Å². The lowest BCUT2D eigenvalue weighted by molar-refractivity contribution is 0.110. The Morgan fingerprint density at radius 3 is 2.52 bits per heavy atom. The minimum atomic E-state index is -0.144. The van der Waals surface area contributed by atoms with Gasteiger partial charge in [-0.1, -0.05) is 25.2 Å². The van der Waals surface area contributed by atoms with E-state index < -0.39 is 0 Å². The number of piperidine rings is 1. The zero-order chi connectivity index (χ0) is 20.7. The van der Waals surface area contributed by atoms with Crippen molar-refractivity contribution in [1.29, 1.82) is 0 Å². The first kappa shape index (κ1) is 20.0. The maximum atomic E-state index is 11.0. The van der Waals surface area contributed by atoms with E-state index in [1.165, 1.54) is 22.3 Å². The average molecular weight is 417 g/mol. The number of rotatable bonds is 5. The molecular weight excluding hydrogens is 388 g/mol. The van der Waals surface area contributed by atoms with E-state index >= 15 is 0 Å². The van der Waals surface area contributed by atoms with Crippen LogP contribution in [0.1, 0.15) is 42.6 Å². The lowest BCUT2D eigenvalue weighted by Gasteiger charge is -2.40. The van der Waals surface area contributed by atoms with Crippen LogP contribution in [0.4, 0.5) is 0 Å². The maximum absolute atomic E-state index is 11.0. The fraction of sp³-hybridized carbons (Fsp3) is 0.524. The Labute approximate surface area is 174 Å². The van der Waals surface area contributed by atoms with Crippen molar-refractivity contribution >= 4 is 16.3 Å². The molecule has 1 fully saturated rings. The highest BCUT2D eigenvalue weighted by molar-refractivity contribution is 7.17. The summed E-state index contributed by atoms with van der Waals surface area (Å²) < 4.78 is 12.6. The molecule has 0 radical (unpaired) electrons. The molecule has 1 aromatic carbocycles. The molecule has 29 heavy (non-hydrogen) atoms. The number of nitrogens with zero attached hydrogens (tertiary/aromatic N) is 4. The molecule has 3 aromatic rings. The van der Waals surface area contributed by atoms with Crippen LogP contribution in [0, 0.1) is 18.8 Å². The van der Waals surface area contributed by atoms with Gasteiger partial charge in [0.1, 0.15) is 17.3 Å². The Morgan fingerprint density at radius 1 is 1.17 bits per heavy atom. The SMILES string of the molecule is COc1ccc([C@H](c2sc3nc(C)nn3c2O)N2C[C@@H](C)C[C@H](C)C2)c(OC)c1. The molecule has 0 bridgehead atoms. The topological polar surface area (TPSA) is 72.1 Å². The number of hydrogen-bond donors (Lipinski definition) is 1. The predicted octanol–water partition coefficient (Wildman–Crippen LogP) is 3.89. The molecular formula is C21H28N4O3S. The Balaban J connectivity index is 1.87. The van der Waals surface area contributed by atoms with Gasteiger partial charge in [0, 0.05) is 24.7 Å². The van der Waals surface area contributed by atoms with Crippen molar-refractivity contribution in [2.24, 2.45) is 11.8 Å². The van der Waals surface area contributed by atoms with Crippen molar-refractivity contribution in [2.75, 3.05) is 27.3 Å². The van der Waals surface area contributed by atoms with Crippen LogP contribution in [0.15, 0.2) is 18.2 Å². The zero-order valence-electron chi connectivity index (χ0n) is 17.5. The van der Waals surface area contributed by atoms with Gasteiger partial charge in [0.25, 0.3) is 0 Å². The summed E-state index contributed by atoms with van der Waals surface area (Å²) in [6, 6.07) is 5.74. The predicted molar refractivity (Wildman–Crippen MR) is 113 cm³/mol. The van der Waals surface area contributed by atoms with Crippen LogP contribution in [-0.2, 0) is 0 Å². The number of hydrogen-bond acceptors (Lipinski definition) is 7. The molecule has 2 aromatic heterocycles. The summed E-state index contributed by atoms with van der Waals surface area (Å²) >= 11 is 1.48. The first-order chi connectivity index (χ1) is 13.9. The molecule has 0 aliphatic carbocycles. The number of benzene rings is 1.